The molecule has 4 heterocycles. The first-order valence-corrected chi connectivity index (χ1v) is 12.3. The molecule has 1 aliphatic carbocycles. The Labute approximate surface area is 201 Å². The number of carbonyl (C=O) groups excluding carboxylic acids is 2. The van der Waals surface area contributed by atoms with Crippen molar-refractivity contribution >= 4 is 44.8 Å². The Morgan fingerprint density at radius 3 is 2.85 bits per heavy atom. The van der Waals surface area contributed by atoms with Crippen molar-refractivity contribution in [3.63, 3.8) is 0 Å². The summed E-state index contributed by atoms with van der Waals surface area (Å²) in [5, 5.41) is 8.59. The van der Waals surface area contributed by atoms with Crippen LogP contribution >= 0.6 is 22.7 Å². The first-order valence-electron chi connectivity index (χ1n) is 10.6. The van der Waals surface area contributed by atoms with E-state index in [9.17, 15) is 9.59 Å². The predicted molar refractivity (Wildman–Crippen MR) is 127 cm³/mol. The number of carbonyl (C=O) groups is 2. The molecule has 2 aliphatic rings. The van der Waals surface area contributed by atoms with Gasteiger partial charge in [-0.05, 0) is 49.6 Å². The Morgan fingerprint density at radius 2 is 1.97 bits per heavy atom. The Hall–Kier alpha value is -3.70. The summed E-state index contributed by atoms with van der Waals surface area (Å²) >= 11 is 2.75. The lowest BCUT2D eigenvalue weighted by Gasteiger charge is -2.19. The third kappa shape index (κ3) is 3.93. The zero-order chi connectivity index (χ0) is 23.1. The molecule has 1 atom stereocenters. The Morgan fingerprint density at radius 1 is 1.06 bits per heavy atom. The second kappa shape index (κ2) is 8.58. The Bertz CT molecular complexity index is 1380. The van der Waals surface area contributed by atoms with E-state index in [0.717, 1.165) is 23.4 Å². The normalized spacial score (nSPS) is 16.2. The lowest BCUT2D eigenvalue weighted by atomic mass is 9.90. The van der Waals surface area contributed by atoms with Crippen LogP contribution in [0.2, 0.25) is 0 Å². The minimum Gasteiger partial charge on any atom is -0.463 e. The molecule has 0 saturated carbocycles. The highest BCUT2D eigenvalue weighted by atomic mass is 32.1. The maximum Gasteiger partial charge on any atom is 0.257 e. The summed E-state index contributed by atoms with van der Waals surface area (Å²) in [4.78, 5) is 35.9. The van der Waals surface area contributed by atoms with Gasteiger partial charge in [0.15, 0.2) is 27.5 Å². The van der Waals surface area contributed by atoms with Gasteiger partial charge in [-0.15, -0.1) is 22.7 Å². The molecule has 3 aromatic heterocycles. The Balaban J connectivity index is 1.17. The summed E-state index contributed by atoms with van der Waals surface area (Å²) in [5.74, 6) is 0.969. The first-order chi connectivity index (χ1) is 16.6. The summed E-state index contributed by atoms with van der Waals surface area (Å²) in [5.41, 5.74) is 1.84. The minimum atomic E-state index is -0.396. The number of nitrogens with zero attached hydrogens (tertiary/aromatic N) is 2. The van der Waals surface area contributed by atoms with Gasteiger partial charge in [-0.3, -0.25) is 14.9 Å². The highest BCUT2D eigenvalue weighted by molar-refractivity contribution is 7.16. The van der Waals surface area contributed by atoms with Crippen LogP contribution in [0.25, 0.3) is 11.5 Å². The van der Waals surface area contributed by atoms with Crippen molar-refractivity contribution in [2.75, 3.05) is 17.4 Å². The molecule has 0 spiro atoms. The number of ether oxygens (including phenoxy) is 2. The third-order valence-electron chi connectivity index (χ3n) is 5.63. The molecule has 0 radical (unpaired) electrons. The standard InChI is InChI=1S/C23H18N4O5S2/c28-20(12-6-7-16-17(9-12)32-11-31-16)26-23-25-19-13(3-1-5-18(19)34-23)21(29)27-22-24-14(10-33-22)15-4-2-8-30-15/h2,4,6-10,13H,1,3,5,11H2,(H,24,27,29)(H,25,26,28). The van der Waals surface area contributed by atoms with Crippen LogP contribution in [0, 0.1) is 0 Å². The quantitative estimate of drug-likeness (QED) is 0.405. The van der Waals surface area contributed by atoms with E-state index in [0.29, 0.717) is 45.2 Å². The topological polar surface area (TPSA) is 116 Å². The van der Waals surface area contributed by atoms with E-state index in [1.165, 1.54) is 22.7 Å². The van der Waals surface area contributed by atoms with E-state index < -0.39 is 5.92 Å². The summed E-state index contributed by atoms with van der Waals surface area (Å²) in [6, 6.07) is 8.65. The number of fused-ring (bicyclic) bond motifs is 2. The van der Waals surface area contributed by atoms with Gasteiger partial charge in [0, 0.05) is 15.8 Å². The minimum absolute atomic E-state index is 0.147. The molecule has 11 heteroatoms. The SMILES string of the molecule is O=C(Nc1nc2c(s1)CCCC2C(=O)Nc1nc(-c2ccco2)cs1)c1ccc2c(c1)OCO2. The monoisotopic (exact) mass is 494 g/mol. The number of amides is 2. The molecular weight excluding hydrogens is 476 g/mol. The summed E-state index contributed by atoms with van der Waals surface area (Å²) < 4.78 is 16.0. The van der Waals surface area contributed by atoms with E-state index in [1.807, 2.05) is 11.4 Å². The van der Waals surface area contributed by atoms with Gasteiger partial charge >= 0.3 is 0 Å². The van der Waals surface area contributed by atoms with Gasteiger partial charge in [-0.2, -0.15) is 0 Å². The molecule has 172 valence electrons. The van der Waals surface area contributed by atoms with Crippen molar-refractivity contribution in [2.45, 2.75) is 25.2 Å². The molecule has 34 heavy (non-hydrogen) atoms. The molecule has 9 nitrogen and oxygen atoms in total. The van der Waals surface area contributed by atoms with Crippen LogP contribution in [0.15, 0.2) is 46.4 Å². The smallest absolute Gasteiger partial charge is 0.257 e. The van der Waals surface area contributed by atoms with Gasteiger partial charge in [-0.25, -0.2) is 9.97 Å². The van der Waals surface area contributed by atoms with Crippen molar-refractivity contribution in [1.29, 1.82) is 0 Å². The Kier molecular flexibility index (Phi) is 5.27. The van der Waals surface area contributed by atoms with Gasteiger partial charge in [0.2, 0.25) is 12.7 Å². The predicted octanol–water partition coefficient (Wildman–Crippen LogP) is 4.90. The third-order valence-corrected chi connectivity index (χ3v) is 7.44. The van der Waals surface area contributed by atoms with Crippen LogP contribution in [0.4, 0.5) is 10.3 Å². The van der Waals surface area contributed by atoms with Crippen LogP contribution in [0.3, 0.4) is 0 Å². The van der Waals surface area contributed by atoms with Crippen molar-refractivity contribution in [3.8, 4) is 23.0 Å². The molecule has 2 amide bonds. The lowest BCUT2D eigenvalue weighted by molar-refractivity contribution is -0.117. The van der Waals surface area contributed by atoms with Gasteiger partial charge in [0.05, 0.1) is 17.9 Å². The maximum atomic E-state index is 13.1. The highest BCUT2D eigenvalue weighted by Crippen LogP contribution is 2.38. The molecule has 6 rings (SSSR count). The van der Waals surface area contributed by atoms with Crippen molar-refractivity contribution < 1.29 is 23.5 Å². The van der Waals surface area contributed by atoms with Crippen LogP contribution in [-0.2, 0) is 11.2 Å². The average Bonchev–Trinajstić information content (AvgIpc) is 3.64. The number of furan rings is 1. The first kappa shape index (κ1) is 20.9. The van der Waals surface area contributed by atoms with E-state index in [1.54, 1.807) is 30.5 Å². The summed E-state index contributed by atoms with van der Waals surface area (Å²) in [6.07, 6.45) is 3.98. The number of aromatic nitrogens is 2. The van der Waals surface area contributed by atoms with E-state index in [-0.39, 0.29) is 18.6 Å². The molecular formula is C23H18N4O5S2. The van der Waals surface area contributed by atoms with Crippen molar-refractivity contribution in [1.82, 2.24) is 9.97 Å². The van der Waals surface area contributed by atoms with E-state index >= 15 is 0 Å². The molecule has 1 aromatic carbocycles. The fourth-order valence-corrected chi connectivity index (χ4v) is 5.76. The summed E-state index contributed by atoms with van der Waals surface area (Å²) in [7, 11) is 0. The van der Waals surface area contributed by atoms with Gasteiger partial charge in [-0.1, -0.05) is 0 Å². The second-order valence-corrected chi connectivity index (χ2v) is 9.74. The van der Waals surface area contributed by atoms with Crippen molar-refractivity contribution in [3.05, 3.63) is 58.1 Å². The number of benzene rings is 1. The van der Waals surface area contributed by atoms with Crippen LogP contribution < -0.4 is 20.1 Å². The van der Waals surface area contributed by atoms with Crippen LogP contribution in [0.1, 0.15) is 39.7 Å². The zero-order valence-electron chi connectivity index (χ0n) is 17.7. The van der Waals surface area contributed by atoms with Gasteiger partial charge < -0.3 is 19.2 Å². The maximum absolute atomic E-state index is 13.1. The number of rotatable bonds is 5. The molecule has 1 aliphatic heterocycles. The molecule has 0 fully saturated rings. The number of nitrogens with one attached hydrogen (secondary N) is 2. The number of anilines is 2. The average molecular weight is 495 g/mol. The number of hydrogen-bond acceptors (Lipinski definition) is 9. The van der Waals surface area contributed by atoms with Crippen molar-refractivity contribution in [2.24, 2.45) is 0 Å². The number of aryl methyl sites for hydroxylation is 1. The van der Waals surface area contributed by atoms with Gasteiger partial charge in [0.1, 0.15) is 5.69 Å². The van der Waals surface area contributed by atoms with Crippen LogP contribution in [0.5, 0.6) is 11.5 Å². The van der Waals surface area contributed by atoms with Crippen LogP contribution in [-0.4, -0.2) is 28.6 Å². The van der Waals surface area contributed by atoms with E-state index in [2.05, 4.69) is 20.6 Å². The van der Waals surface area contributed by atoms with E-state index in [4.69, 9.17) is 13.9 Å². The molecule has 0 saturated heterocycles. The molecule has 0 bridgehead atoms. The fourth-order valence-electron chi connectivity index (χ4n) is 4.00. The fraction of sp³-hybridized carbons (Fsp3) is 0.217. The molecule has 2 N–H and O–H groups in total. The summed E-state index contributed by atoms with van der Waals surface area (Å²) in [6.45, 7) is 0.147. The molecule has 4 aromatic rings. The molecule has 1 unspecified atom stereocenters. The van der Waals surface area contributed by atoms with Gasteiger partial charge in [0.25, 0.3) is 5.91 Å². The number of thiazole rings is 2. The number of hydrogen-bond donors (Lipinski definition) is 2. The zero-order valence-corrected chi connectivity index (χ0v) is 19.3. The largest absolute Gasteiger partial charge is 0.463 e. The second-order valence-electron chi connectivity index (χ2n) is 7.80. The lowest BCUT2D eigenvalue weighted by Crippen LogP contribution is -2.24. The highest BCUT2D eigenvalue weighted by Gasteiger charge is 2.31.